The molecule has 0 aliphatic heterocycles. The monoisotopic (exact) mass is 268 g/mol. The highest BCUT2D eigenvalue weighted by atomic mass is 16.5. The number of ether oxygens (including phenoxy) is 2. The second-order valence-electron chi connectivity index (χ2n) is 4.41. The van der Waals surface area contributed by atoms with Crippen molar-refractivity contribution in [3.8, 4) is 11.5 Å². The summed E-state index contributed by atoms with van der Waals surface area (Å²) in [6.07, 6.45) is 3.59. The Kier molecular flexibility index (Phi) is 8.02. The van der Waals surface area contributed by atoms with Gasteiger partial charge in [0.05, 0.1) is 19.8 Å². The van der Waals surface area contributed by atoms with E-state index in [4.69, 9.17) is 14.6 Å². The molecular weight excluding hydrogens is 244 g/mol. The number of hydrogen-bond donors (Lipinski definition) is 2. The van der Waals surface area contributed by atoms with E-state index in [0.29, 0.717) is 19.0 Å². The lowest BCUT2D eigenvalue weighted by Crippen LogP contribution is -2.02. The van der Waals surface area contributed by atoms with Gasteiger partial charge < -0.3 is 19.7 Å². The summed E-state index contributed by atoms with van der Waals surface area (Å²) >= 11 is 0. The zero-order chi connectivity index (χ0) is 13.9. The molecule has 0 aliphatic rings. The third-order valence-corrected chi connectivity index (χ3v) is 2.74. The van der Waals surface area contributed by atoms with E-state index in [1.807, 2.05) is 18.2 Å². The lowest BCUT2D eigenvalue weighted by molar-refractivity contribution is 0.250. The summed E-state index contributed by atoms with van der Waals surface area (Å²) in [7, 11) is 0. The molecule has 19 heavy (non-hydrogen) atoms. The van der Waals surface area contributed by atoms with Crippen molar-refractivity contribution in [2.45, 2.75) is 39.2 Å². The quantitative estimate of drug-likeness (QED) is 0.640. The standard InChI is InChI=1S/C15H24O4/c1-2-9-18-14-7-6-13(12-17)15(11-14)19-10-5-3-4-8-16/h6-7,11,16-17H,2-5,8-10,12H2,1H3. The van der Waals surface area contributed by atoms with E-state index in [2.05, 4.69) is 6.92 Å². The molecule has 0 saturated heterocycles. The van der Waals surface area contributed by atoms with Gasteiger partial charge in [0.2, 0.25) is 0 Å². The zero-order valence-corrected chi connectivity index (χ0v) is 11.6. The Morgan fingerprint density at radius 1 is 1.00 bits per heavy atom. The van der Waals surface area contributed by atoms with Crippen LogP contribution in [0.1, 0.15) is 38.2 Å². The van der Waals surface area contributed by atoms with Crippen molar-refractivity contribution in [2.24, 2.45) is 0 Å². The molecule has 0 spiro atoms. The number of rotatable bonds is 10. The van der Waals surface area contributed by atoms with E-state index in [1.165, 1.54) is 0 Å². The molecule has 0 fully saturated rings. The number of aliphatic hydroxyl groups excluding tert-OH is 2. The van der Waals surface area contributed by atoms with Crippen LogP contribution in [0.25, 0.3) is 0 Å². The number of unbranched alkanes of at least 4 members (excludes halogenated alkanes) is 2. The maximum Gasteiger partial charge on any atom is 0.128 e. The van der Waals surface area contributed by atoms with Crippen LogP contribution in [0, 0.1) is 0 Å². The molecule has 1 rings (SSSR count). The maximum absolute atomic E-state index is 9.27. The summed E-state index contributed by atoms with van der Waals surface area (Å²) in [5.41, 5.74) is 0.769. The van der Waals surface area contributed by atoms with Gasteiger partial charge in [0.15, 0.2) is 0 Å². The van der Waals surface area contributed by atoms with Crippen molar-refractivity contribution >= 4 is 0 Å². The van der Waals surface area contributed by atoms with Crippen molar-refractivity contribution in [1.29, 1.82) is 0 Å². The molecule has 2 N–H and O–H groups in total. The van der Waals surface area contributed by atoms with Gasteiger partial charge in [-0.2, -0.15) is 0 Å². The minimum Gasteiger partial charge on any atom is -0.493 e. The predicted molar refractivity (Wildman–Crippen MR) is 74.6 cm³/mol. The molecule has 0 unspecified atom stereocenters. The van der Waals surface area contributed by atoms with E-state index in [-0.39, 0.29) is 13.2 Å². The van der Waals surface area contributed by atoms with Crippen molar-refractivity contribution in [2.75, 3.05) is 19.8 Å². The van der Waals surface area contributed by atoms with Crippen LogP contribution in [0.4, 0.5) is 0 Å². The third-order valence-electron chi connectivity index (χ3n) is 2.74. The van der Waals surface area contributed by atoms with Crippen LogP contribution in [0.2, 0.25) is 0 Å². The van der Waals surface area contributed by atoms with Gasteiger partial charge in [-0.15, -0.1) is 0 Å². The number of hydrogen-bond acceptors (Lipinski definition) is 4. The highest BCUT2D eigenvalue weighted by molar-refractivity contribution is 5.40. The highest BCUT2D eigenvalue weighted by Gasteiger charge is 2.05. The normalized spacial score (nSPS) is 10.5. The fourth-order valence-electron chi connectivity index (χ4n) is 1.68. The molecule has 0 saturated carbocycles. The average molecular weight is 268 g/mol. The SMILES string of the molecule is CCCOc1ccc(CO)c(OCCCCCO)c1. The van der Waals surface area contributed by atoms with Gasteiger partial charge in [-0.1, -0.05) is 6.92 Å². The molecule has 1 aromatic rings. The number of aliphatic hydroxyl groups is 2. The minimum atomic E-state index is -0.0416. The molecule has 0 amide bonds. The van der Waals surface area contributed by atoms with E-state index < -0.39 is 0 Å². The average Bonchev–Trinajstić information content (AvgIpc) is 2.45. The third kappa shape index (κ3) is 5.94. The fourth-order valence-corrected chi connectivity index (χ4v) is 1.68. The van der Waals surface area contributed by atoms with Gasteiger partial charge in [-0.25, -0.2) is 0 Å². The summed E-state index contributed by atoms with van der Waals surface area (Å²) in [6.45, 7) is 3.50. The van der Waals surface area contributed by atoms with Gasteiger partial charge in [-0.3, -0.25) is 0 Å². The van der Waals surface area contributed by atoms with Gasteiger partial charge in [0.25, 0.3) is 0 Å². The van der Waals surface area contributed by atoms with E-state index in [0.717, 1.165) is 37.0 Å². The van der Waals surface area contributed by atoms with Gasteiger partial charge in [0, 0.05) is 18.2 Å². The summed E-state index contributed by atoms with van der Waals surface area (Å²) in [5, 5.41) is 18.0. The van der Waals surface area contributed by atoms with Crippen LogP contribution >= 0.6 is 0 Å². The lowest BCUT2D eigenvalue weighted by atomic mass is 10.2. The summed E-state index contributed by atoms with van der Waals surface area (Å²) in [4.78, 5) is 0. The Bertz CT molecular complexity index is 352. The van der Waals surface area contributed by atoms with E-state index in [1.54, 1.807) is 0 Å². The molecule has 0 atom stereocenters. The Morgan fingerprint density at radius 2 is 1.84 bits per heavy atom. The first-order valence-corrected chi connectivity index (χ1v) is 6.92. The molecule has 0 aliphatic carbocycles. The first-order chi connectivity index (χ1) is 9.31. The fraction of sp³-hybridized carbons (Fsp3) is 0.600. The van der Waals surface area contributed by atoms with Crippen molar-refractivity contribution in [1.82, 2.24) is 0 Å². The van der Waals surface area contributed by atoms with Crippen LogP contribution in [-0.4, -0.2) is 30.0 Å². The van der Waals surface area contributed by atoms with Crippen LogP contribution in [-0.2, 0) is 6.61 Å². The van der Waals surface area contributed by atoms with E-state index >= 15 is 0 Å². The molecule has 4 heteroatoms. The molecule has 4 nitrogen and oxygen atoms in total. The Morgan fingerprint density at radius 3 is 2.53 bits per heavy atom. The summed E-state index contributed by atoms with van der Waals surface area (Å²) in [5.74, 6) is 1.45. The van der Waals surface area contributed by atoms with E-state index in [9.17, 15) is 5.11 Å². The molecule has 108 valence electrons. The van der Waals surface area contributed by atoms with Gasteiger partial charge in [-0.05, 0) is 37.8 Å². The zero-order valence-electron chi connectivity index (χ0n) is 11.6. The van der Waals surface area contributed by atoms with Crippen LogP contribution in [0.15, 0.2) is 18.2 Å². The number of benzene rings is 1. The van der Waals surface area contributed by atoms with Crippen molar-refractivity contribution in [3.63, 3.8) is 0 Å². The summed E-state index contributed by atoms with van der Waals surface area (Å²) < 4.78 is 11.2. The maximum atomic E-state index is 9.27. The van der Waals surface area contributed by atoms with Crippen LogP contribution in [0.5, 0.6) is 11.5 Å². The van der Waals surface area contributed by atoms with Gasteiger partial charge >= 0.3 is 0 Å². The Hall–Kier alpha value is -1.26. The minimum absolute atomic E-state index is 0.0416. The van der Waals surface area contributed by atoms with Crippen molar-refractivity contribution in [3.05, 3.63) is 23.8 Å². The molecular formula is C15H24O4. The smallest absolute Gasteiger partial charge is 0.128 e. The topological polar surface area (TPSA) is 58.9 Å². The van der Waals surface area contributed by atoms with Gasteiger partial charge in [0.1, 0.15) is 11.5 Å². The predicted octanol–water partition coefficient (Wildman–Crippen LogP) is 2.51. The highest BCUT2D eigenvalue weighted by Crippen LogP contribution is 2.25. The Labute approximate surface area is 115 Å². The lowest BCUT2D eigenvalue weighted by Gasteiger charge is -2.12. The largest absolute Gasteiger partial charge is 0.493 e. The Balaban J connectivity index is 2.52. The molecule has 0 heterocycles. The van der Waals surface area contributed by atoms with Crippen molar-refractivity contribution < 1.29 is 19.7 Å². The first kappa shape index (κ1) is 15.8. The molecule has 0 radical (unpaired) electrons. The second kappa shape index (κ2) is 9.64. The van der Waals surface area contributed by atoms with Crippen LogP contribution < -0.4 is 9.47 Å². The molecule has 1 aromatic carbocycles. The second-order valence-corrected chi connectivity index (χ2v) is 4.41. The molecule has 0 bridgehead atoms. The first-order valence-electron chi connectivity index (χ1n) is 6.92. The van der Waals surface area contributed by atoms with Crippen LogP contribution in [0.3, 0.4) is 0 Å². The summed E-state index contributed by atoms with van der Waals surface area (Å²) in [6, 6.07) is 5.50. The molecule has 0 aromatic heterocycles.